The van der Waals surface area contributed by atoms with Crippen molar-refractivity contribution in [2.45, 2.75) is 6.42 Å². The van der Waals surface area contributed by atoms with Crippen molar-refractivity contribution in [3.05, 3.63) is 59.9 Å². The molecule has 0 spiro atoms. The van der Waals surface area contributed by atoms with Crippen molar-refractivity contribution in [1.29, 1.82) is 0 Å². The second-order valence-corrected chi connectivity index (χ2v) is 4.38. The number of para-hydroxylation sites is 1. The van der Waals surface area contributed by atoms with Crippen LogP contribution in [0, 0.1) is 0 Å². The summed E-state index contributed by atoms with van der Waals surface area (Å²) in [5.41, 5.74) is 1.48. The van der Waals surface area contributed by atoms with E-state index in [1.807, 2.05) is 0 Å². The second kappa shape index (κ2) is 5.05. The monoisotopic (exact) mass is 268 g/mol. The summed E-state index contributed by atoms with van der Waals surface area (Å²) in [5, 5.41) is 22.9. The fourth-order valence-electron chi connectivity index (χ4n) is 1.89. The van der Waals surface area contributed by atoms with Crippen molar-refractivity contribution < 1.29 is 14.7 Å². The smallest absolute Gasteiger partial charge is 0.261 e. The van der Waals surface area contributed by atoms with Gasteiger partial charge in [0.05, 0.1) is 5.56 Å². The fourth-order valence-corrected chi connectivity index (χ4v) is 1.89. The molecule has 100 valence electrons. The molecule has 0 saturated carbocycles. The number of aromatic nitrogens is 2. The number of phenols is 2. The zero-order valence-corrected chi connectivity index (χ0v) is 10.5. The van der Waals surface area contributed by atoms with Crippen molar-refractivity contribution in [2.24, 2.45) is 0 Å². The van der Waals surface area contributed by atoms with Gasteiger partial charge >= 0.3 is 0 Å². The molecule has 3 aromatic rings. The van der Waals surface area contributed by atoms with Crippen molar-refractivity contribution in [2.75, 3.05) is 0 Å². The predicted octanol–water partition coefficient (Wildman–Crippen LogP) is 2.74. The second-order valence-electron chi connectivity index (χ2n) is 4.38. The molecular formula is C15H12N2O3. The lowest BCUT2D eigenvalue weighted by atomic mass is 10.1. The van der Waals surface area contributed by atoms with E-state index in [1.54, 1.807) is 48.5 Å². The SMILES string of the molecule is Oc1ccc(Cc2noc(-c3ccccc3O)n2)cc1. The van der Waals surface area contributed by atoms with Crippen LogP contribution in [0.3, 0.4) is 0 Å². The first-order valence-corrected chi connectivity index (χ1v) is 6.11. The van der Waals surface area contributed by atoms with E-state index in [0.29, 0.717) is 17.8 Å². The molecular weight excluding hydrogens is 256 g/mol. The lowest BCUT2D eigenvalue weighted by Crippen LogP contribution is -1.90. The van der Waals surface area contributed by atoms with Crippen LogP contribution >= 0.6 is 0 Å². The average molecular weight is 268 g/mol. The van der Waals surface area contributed by atoms with Gasteiger partial charge in [-0.15, -0.1) is 0 Å². The number of rotatable bonds is 3. The molecule has 2 aromatic carbocycles. The molecule has 0 unspecified atom stereocenters. The Morgan fingerprint density at radius 2 is 1.70 bits per heavy atom. The average Bonchev–Trinajstić information content (AvgIpc) is 2.90. The summed E-state index contributed by atoms with van der Waals surface area (Å²) in [6.45, 7) is 0. The number of aromatic hydroxyl groups is 2. The lowest BCUT2D eigenvalue weighted by molar-refractivity contribution is 0.418. The molecule has 0 fully saturated rings. The van der Waals surface area contributed by atoms with Crippen molar-refractivity contribution >= 4 is 0 Å². The summed E-state index contributed by atoms with van der Waals surface area (Å²) in [6, 6.07) is 13.6. The summed E-state index contributed by atoms with van der Waals surface area (Å²) in [5.74, 6) is 1.13. The molecule has 3 rings (SSSR count). The van der Waals surface area contributed by atoms with Gasteiger partial charge in [0, 0.05) is 6.42 Å². The van der Waals surface area contributed by atoms with E-state index in [4.69, 9.17) is 4.52 Å². The third-order valence-corrected chi connectivity index (χ3v) is 2.90. The zero-order chi connectivity index (χ0) is 13.9. The zero-order valence-electron chi connectivity index (χ0n) is 10.5. The maximum atomic E-state index is 9.74. The lowest BCUT2D eigenvalue weighted by Gasteiger charge is -1.97. The van der Waals surface area contributed by atoms with Gasteiger partial charge in [-0.3, -0.25) is 0 Å². The molecule has 20 heavy (non-hydrogen) atoms. The predicted molar refractivity (Wildman–Crippen MR) is 72.3 cm³/mol. The highest BCUT2D eigenvalue weighted by atomic mass is 16.5. The standard InChI is InChI=1S/C15H12N2O3/c18-11-7-5-10(6-8-11)9-14-16-15(20-17-14)12-3-1-2-4-13(12)19/h1-8,18-19H,9H2. The highest BCUT2D eigenvalue weighted by Gasteiger charge is 2.12. The molecule has 0 bridgehead atoms. The molecule has 2 N–H and O–H groups in total. The summed E-state index contributed by atoms with van der Waals surface area (Å²) in [7, 11) is 0. The Morgan fingerprint density at radius 3 is 2.45 bits per heavy atom. The van der Waals surface area contributed by atoms with Crippen molar-refractivity contribution in [3.63, 3.8) is 0 Å². The molecule has 0 aliphatic carbocycles. The van der Waals surface area contributed by atoms with Gasteiger partial charge in [-0.25, -0.2) is 0 Å². The molecule has 0 radical (unpaired) electrons. The van der Waals surface area contributed by atoms with Crippen LogP contribution in [0.4, 0.5) is 0 Å². The Balaban J connectivity index is 1.84. The minimum absolute atomic E-state index is 0.104. The summed E-state index contributed by atoms with van der Waals surface area (Å²) in [4.78, 5) is 4.26. The van der Waals surface area contributed by atoms with Crippen LogP contribution in [0.1, 0.15) is 11.4 Å². The molecule has 0 amide bonds. The normalized spacial score (nSPS) is 10.6. The van der Waals surface area contributed by atoms with Gasteiger partial charge in [-0.2, -0.15) is 4.98 Å². The van der Waals surface area contributed by atoms with Crippen molar-refractivity contribution in [1.82, 2.24) is 10.1 Å². The Labute approximate surface area is 115 Å². The summed E-state index contributed by atoms with van der Waals surface area (Å²) >= 11 is 0. The van der Waals surface area contributed by atoms with Crippen LogP contribution in [0.15, 0.2) is 53.1 Å². The summed E-state index contributed by atoms with van der Waals surface area (Å²) in [6.07, 6.45) is 0.497. The van der Waals surface area contributed by atoms with Gasteiger partial charge in [0.2, 0.25) is 0 Å². The number of hydrogen-bond acceptors (Lipinski definition) is 5. The van der Waals surface area contributed by atoms with Crippen LogP contribution in [-0.2, 0) is 6.42 Å². The number of phenolic OH excluding ortho intramolecular Hbond substituents is 2. The van der Waals surface area contributed by atoms with Crippen molar-refractivity contribution in [3.8, 4) is 23.0 Å². The highest BCUT2D eigenvalue weighted by Crippen LogP contribution is 2.27. The molecule has 1 heterocycles. The first-order valence-electron chi connectivity index (χ1n) is 6.11. The first-order chi connectivity index (χ1) is 9.72. The third kappa shape index (κ3) is 2.47. The maximum Gasteiger partial charge on any atom is 0.261 e. The number of nitrogens with zero attached hydrogens (tertiary/aromatic N) is 2. The van der Waals surface area contributed by atoms with E-state index in [2.05, 4.69) is 10.1 Å². The van der Waals surface area contributed by atoms with Crippen LogP contribution in [0.25, 0.3) is 11.5 Å². The molecule has 0 aliphatic rings. The van der Waals surface area contributed by atoms with Crippen LogP contribution < -0.4 is 0 Å². The fraction of sp³-hybridized carbons (Fsp3) is 0.0667. The Kier molecular flexibility index (Phi) is 3.09. The first kappa shape index (κ1) is 12.2. The quantitative estimate of drug-likeness (QED) is 0.763. The van der Waals surface area contributed by atoms with Crippen LogP contribution in [0.2, 0.25) is 0 Å². The Hall–Kier alpha value is -2.82. The minimum atomic E-state index is 0.104. The van der Waals surface area contributed by atoms with Gasteiger partial charge in [0.1, 0.15) is 11.5 Å². The Morgan fingerprint density at radius 1 is 0.950 bits per heavy atom. The van der Waals surface area contributed by atoms with Gasteiger partial charge in [-0.1, -0.05) is 29.4 Å². The maximum absolute atomic E-state index is 9.74. The molecule has 1 aromatic heterocycles. The third-order valence-electron chi connectivity index (χ3n) is 2.90. The van der Waals surface area contributed by atoms with Gasteiger partial charge in [0.15, 0.2) is 5.82 Å². The topological polar surface area (TPSA) is 79.4 Å². The Bertz CT molecular complexity index is 720. The van der Waals surface area contributed by atoms with E-state index >= 15 is 0 Å². The van der Waals surface area contributed by atoms with E-state index in [9.17, 15) is 10.2 Å². The minimum Gasteiger partial charge on any atom is -0.508 e. The number of benzene rings is 2. The molecule has 5 heteroatoms. The largest absolute Gasteiger partial charge is 0.508 e. The molecule has 0 saturated heterocycles. The van der Waals surface area contributed by atoms with Gasteiger partial charge in [0.25, 0.3) is 5.89 Å². The van der Waals surface area contributed by atoms with E-state index < -0.39 is 0 Å². The molecule has 0 atom stereocenters. The van der Waals surface area contributed by atoms with E-state index in [-0.39, 0.29) is 17.4 Å². The molecule has 5 nitrogen and oxygen atoms in total. The number of hydrogen-bond donors (Lipinski definition) is 2. The van der Waals surface area contributed by atoms with E-state index in [1.165, 1.54) is 0 Å². The van der Waals surface area contributed by atoms with E-state index in [0.717, 1.165) is 5.56 Å². The van der Waals surface area contributed by atoms with Gasteiger partial charge < -0.3 is 14.7 Å². The highest BCUT2D eigenvalue weighted by molar-refractivity contribution is 5.61. The summed E-state index contributed by atoms with van der Waals surface area (Å²) < 4.78 is 5.16. The van der Waals surface area contributed by atoms with Crippen LogP contribution in [0.5, 0.6) is 11.5 Å². The van der Waals surface area contributed by atoms with Gasteiger partial charge in [-0.05, 0) is 29.8 Å². The van der Waals surface area contributed by atoms with Crippen LogP contribution in [-0.4, -0.2) is 20.4 Å². The molecule has 0 aliphatic heterocycles.